The van der Waals surface area contributed by atoms with E-state index in [0.717, 1.165) is 0 Å². The number of nitrogens with one attached hydrogen (secondary N) is 1. The van der Waals surface area contributed by atoms with Crippen LogP contribution in [0.2, 0.25) is 0 Å². The Kier molecular flexibility index (Phi) is 6.46. The molecule has 1 aromatic heterocycles. The Hall–Kier alpha value is -1.97. The molecule has 1 saturated heterocycles. The van der Waals surface area contributed by atoms with Gasteiger partial charge in [-0.05, 0) is 36.4 Å². The van der Waals surface area contributed by atoms with Crippen LogP contribution in [0, 0.1) is 11.7 Å². The van der Waals surface area contributed by atoms with E-state index in [-0.39, 0.29) is 24.2 Å². The van der Waals surface area contributed by atoms with Gasteiger partial charge in [-0.2, -0.15) is 4.31 Å². The molecule has 0 saturated carbocycles. The number of halogens is 1. The fraction of sp³-hybridized carbons (Fsp3) is 0.389. The van der Waals surface area contributed by atoms with Gasteiger partial charge in [0.1, 0.15) is 22.4 Å². The number of sulfonamides is 1. The Bertz CT molecular complexity index is 863. The van der Waals surface area contributed by atoms with Gasteiger partial charge in [0.15, 0.2) is 0 Å². The summed E-state index contributed by atoms with van der Waals surface area (Å²) in [5.74, 6) is -0.280. The van der Waals surface area contributed by atoms with Crippen LogP contribution in [-0.2, 0) is 14.8 Å². The van der Waals surface area contributed by atoms with Gasteiger partial charge in [-0.3, -0.25) is 4.79 Å². The van der Waals surface area contributed by atoms with Crippen LogP contribution < -0.4 is 10.1 Å². The highest BCUT2D eigenvalue weighted by Crippen LogP contribution is 2.26. The van der Waals surface area contributed by atoms with E-state index in [1.807, 2.05) is 0 Å². The molecule has 0 radical (unpaired) electrons. The zero-order valence-electron chi connectivity index (χ0n) is 14.6. The summed E-state index contributed by atoms with van der Waals surface area (Å²) in [7, 11) is -3.45. The van der Waals surface area contributed by atoms with Gasteiger partial charge in [0.05, 0.1) is 6.54 Å². The van der Waals surface area contributed by atoms with Crippen molar-refractivity contribution in [1.29, 1.82) is 0 Å². The molecule has 0 spiro atoms. The quantitative estimate of drug-likeness (QED) is 0.709. The van der Waals surface area contributed by atoms with Crippen molar-refractivity contribution in [2.24, 2.45) is 5.92 Å². The third-order valence-corrected chi connectivity index (χ3v) is 7.65. The lowest BCUT2D eigenvalue weighted by molar-refractivity contribution is -0.126. The van der Waals surface area contributed by atoms with Gasteiger partial charge in [-0.15, -0.1) is 11.3 Å². The molecule has 1 aromatic carbocycles. The maximum Gasteiger partial charge on any atom is 0.252 e. The number of piperidine rings is 1. The van der Waals surface area contributed by atoms with E-state index in [1.165, 1.54) is 27.8 Å². The second-order valence-corrected chi connectivity index (χ2v) is 9.32. The van der Waals surface area contributed by atoms with Gasteiger partial charge in [-0.1, -0.05) is 12.1 Å². The molecule has 0 aliphatic carbocycles. The van der Waals surface area contributed by atoms with E-state index >= 15 is 0 Å². The second kappa shape index (κ2) is 8.81. The number of ether oxygens (including phenoxy) is 1. The van der Waals surface area contributed by atoms with E-state index in [2.05, 4.69) is 5.32 Å². The third kappa shape index (κ3) is 5.06. The fourth-order valence-corrected chi connectivity index (χ4v) is 5.55. The molecule has 9 heteroatoms. The lowest BCUT2D eigenvalue weighted by Gasteiger charge is -2.30. The van der Waals surface area contributed by atoms with Crippen LogP contribution in [-0.4, -0.2) is 44.9 Å². The molecule has 146 valence electrons. The number of thiophene rings is 1. The first-order valence-corrected chi connectivity index (χ1v) is 11.0. The molecule has 1 aliphatic rings. The summed E-state index contributed by atoms with van der Waals surface area (Å²) >= 11 is 1.20. The highest BCUT2D eigenvalue weighted by molar-refractivity contribution is 7.91. The fourth-order valence-electron chi connectivity index (χ4n) is 2.94. The Morgan fingerprint density at radius 2 is 2.04 bits per heavy atom. The zero-order valence-corrected chi connectivity index (χ0v) is 16.3. The van der Waals surface area contributed by atoms with Crippen molar-refractivity contribution < 1.29 is 22.3 Å². The Labute approximate surface area is 162 Å². The number of carbonyl (C=O) groups is 1. The summed E-state index contributed by atoms with van der Waals surface area (Å²) < 4.78 is 45.2. The molecule has 1 fully saturated rings. The zero-order chi connectivity index (χ0) is 19.3. The molecule has 2 heterocycles. The van der Waals surface area contributed by atoms with Crippen molar-refractivity contribution in [3.8, 4) is 5.75 Å². The summed E-state index contributed by atoms with van der Waals surface area (Å²) in [6.45, 7) is 1.21. The second-order valence-electron chi connectivity index (χ2n) is 6.21. The van der Waals surface area contributed by atoms with E-state index < -0.39 is 10.0 Å². The van der Waals surface area contributed by atoms with Crippen molar-refractivity contribution in [1.82, 2.24) is 9.62 Å². The summed E-state index contributed by atoms with van der Waals surface area (Å²) in [6, 6.07) is 9.13. The van der Waals surface area contributed by atoms with E-state index in [0.29, 0.717) is 42.4 Å². The first kappa shape index (κ1) is 19.8. The summed E-state index contributed by atoms with van der Waals surface area (Å²) in [4.78, 5) is 12.3. The van der Waals surface area contributed by atoms with Crippen LogP contribution >= 0.6 is 11.3 Å². The number of benzene rings is 1. The van der Waals surface area contributed by atoms with E-state index in [1.54, 1.807) is 29.6 Å². The smallest absolute Gasteiger partial charge is 0.252 e. The Morgan fingerprint density at radius 1 is 1.26 bits per heavy atom. The monoisotopic (exact) mass is 412 g/mol. The van der Waals surface area contributed by atoms with E-state index in [9.17, 15) is 17.6 Å². The Morgan fingerprint density at radius 3 is 2.70 bits per heavy atom. The van der Waals surface area contributed by atoms with E-state index in [4.69, 9.17) is 4.74 Å². The van der Waals surface area contributed by atoms with Gasteiger partial charge in [-0.25, -0.2) is 12.8 Å². The summed E-state index contributed by atoms with van der Waals surface area (Å²) in [5, 5.41) is 4.53. The van der Waals surface area contributed by atoms with Crippen molar-refractivity contribution in [3.05, 3.63) is 47.6 Å². The minimum atomic E-state index is -3.45. The van der Waals surface area contributed by atoms with Crippen LogP contribution in [0.1, 0.15) is 12.8 Å². The first-order valence-electron chi connectivity index (χ1n) is 8.66. The van der Waals surface area contributed by atoms with Gasteiger partial charge < -0.3 is 10.1 Å². The van der Waals surface area contributed by atoms with Gasteiger partial charge in [0, 0.05) is 25.1 Å². The van der Waals surface area contributed by atoms with Gasteiger partial charge in [0.25, 0.3) is 10.0 Å². The van der Waals surface area contributed by atoms with Gasteiger partial charge >= 0.3 is 0 Å². The number of nitrogens with zero attached hydrogens (tertiary/aromatic N) is 1. The van der Waals surface area contributed by atoms with Crippen molar-refractivity contribution >= 4 is 27.3 Å². The first-order chi connectivity index (χ1) is 13.0. The molecule has 1 N–H and O–H groups in total. The molecule has 0 unspecified atom stereocenters. The molecule has 0 atom stereocenters. The van der Waals surface area contributed by atoms with Crippen molar-refractivity contribution in [2.45, 2.75) is 17.1 Å². The third-order valence-electron chi connectivity index (χ3n) is 4.38. The topological polar surface area (TPSA) is 75.7 Å². The largest absolute Gasteiger partial charge is 0.492 e. The van der Waals surface area contributed by atoms with Gasteiger partial charge in [0.2, 0.25) is 5.91 Å². The summed E-state index contributed by atoms with van der Waals surface area (Å²) in [6.07, 6.45) is 0.975. The lowest BCUT2D eigenvalue weighted by atomic mass is 9.97. The predicted octanol–water partition coefficient (Wildman–Crippen LogP) is 2.48. The average Bonchev–Trinajstić information content (AvgIpc) is 3.21. The SMILES string of the molecule is O=C(NCCOc1cccc(F)c1)C1CCN(S(=O)(=O)c2cccs2)CC1. The summed E-state index contributed by atoms with van der Waals surface area (Å²) in [5.41, 5.74) is 0. The number of carbonyl (C=O) groups excluding carboxylic acids is 1. The van der Waals surface area contributed by atoms with Crippen molar-refractivity contribution in [2.75, 3.05) is 26.2 Å². The van der Waals surface area contributed by atoms with Crippen LogP contribution in [0.3, 0.4) is 0 Å². The predicted molar refractivity (Wildman–Crippen MR) is 101 cm³/mol. The van der Waals surface area contributed by atoms with Crippen LogP contribution in [0.15, 0.2) is 46.0 Å². The molecule has 3 rings (SSSR count). The maximum atomic E-state index is 13.1. The lowest BCUT2D eigenvalue weighted by Crippen LogP contribution is -2.43. The normalized spacial score (nSPS) is 16.2. The minimum absolute atomic E-state index is 0.106. The molecule has 1 amide bonds. The van der Waals surface area contributed by atoms with Crippen LogP contribution in [0.5, 0.6) is 5.75 Å². The Balaban J connectivity index is 1.41. The molecule has 2 aromatic rings. The maximum absolute atomic E-state index is 13.1. The highest BCUT2D eigenvalue weighted by Gasteiger charge is 2.32. The minimum Gasteiger partial charge on any atom is -0.492 e. The molecule has 0 bridgehead atoms. The number of hydrogen-bond acceptors (Lipinski definition) is 5. The number of hydrogen-bond donors (Lipinski definition) is 1. The molecular formula is C18H21FN2O4S2. The van der Waals surface area contributed by atoms with Crippen LogP contribution in [0.4, 0.5) is 4.39 Å². The highest BCUT2D eigenvalue weighted by atomic mass is 32.2. The molecular weight excluding hydrogens is 391 g/mol. The number of rotatable bonds is 7. The standard InChI is InChI=1S/C18H21FN2O4S2/c19-15-3-1-4-16(13-15)25-11-8-20-18(22)14-6-9-21(10-7-14)27(23,24)17-5-2-12-26-17/h1-5,12-14H,6-11H2,(H,20,22). The molecule has 1 aliphatic heterocycles. The van der Waals surface area contributed by atoms with Crippen molar-refractivity contribution in [3.63, 3.8) is 0 Å². The number of amides is 1. The van der Waals surface area contributed by atoms with Crippen LogP contribution in [0.25, 0.3) is 0 Å². The molecule has 27 heavy (non-hydrogen) atoms. The average molecular weight is 413 g/mol. The molecule has 6 nitrogen and oxygen atoms in total.